The molecule has 2 aromatic carbocycles. The number of nitrogens with one attached hydrogen (secondary N) is 1. The number of carbonyl (C=O) groups is 1. The number of ether oxygens (including phenoxy) is 1. The average Bonchev–Trinajstić information content (AvgIpc) is 3.17. The second-order valence-corrected chi connectivity index (χ2v) is 7.66. The average molecular weight is 415 g/mol. The van der Waals surface area contributed by atoms with Crippen molar-refractivity contribution >= 4 is 17.7 Å². The number of thioether (sulfide) groups is 1. The maximum absolute atomic E-state index is 13.0. The number of rotatable bonds is 8. The van der Waals surface area contributed by atoms with E-state index in [2.05, 4.69) is 15.5 Å². The molecule has 0 aliphatic heterocycles. The number of hydrogen-bond donors (Lipinski definition) is 1. The number of halogens is 1. The van der Waals surface area contributed by atoms with Crippen LogP contribution in [0.2, 0.25) is 0 Å². The molecule has 0 fully saturated rings. The zero-order chi connectivity index (χ0) is 20.8. The normalized spacial score (nSPS) is 13.0. The second-order valence-electron chi connectivity index (χ2n) is 6.37. The summed E-state index contributed by atoms with van der Waals surface area (Å²) in [5.74, 6) is 0.664. The Balaban J connectivity index is 1.58. The molecule has 29 heavy (non-hydrogen) atoms. The van der Waals surface area contributed by atoms with Gasteiger partial charge in [-0.15, -0.1) is 10.2 Å². The smallest absolute Gasteiger partial charge is 0.277 e. The van der Waals surface area contributed by atoms with E-state index in [1.165, 1.54) is 23.9 Å². The summed E-state index contributed by atoms with van der Waals surface area (Å²) in [4.78, 5) is 12.5. The van der Waals surface area contributed by atoms with Gasteiger partial charge in [-0.25, -0.2) is 4.39 Å². The van der Waals surface area contributed by atoms with Crippen LogP contribution >= 0.6 is 11.8 Å². The zero-order valence-corrected chi connectivity index (χ0v) is 17.2. The molecule has 1 N–H and O–H groups in total. The number of amides is 1. The van der Waals surface area contributed by atoms with Crippen molar-refractivity contribution in [1.29, 1.82) is 0 Å². The molecule has 0 spiro atoms. The minimum absolute atomic E-state index is 0.173. The van der Waals surface area contributed by atoms with Crippen molar-refractivity contribution in [1.82, 2.24) is 15.5 Å². The highest BCUT2D eigenvalue weighted by molar-refractivity contribution is 8.00. The van der Waals surface area contributed by atoms with Crippen molar-refractivity contribution in [3.63, 3.8) is 0 Å². The Morgan fingerprint density at radius 1 is 1.14 bits per heavy atom. The van der Waals surface area contributed by atoms with Crippen LogP contribution in [0, 0.1) is 5.82 Å². The topological polar surface area (TPSA) is 77.2 Å². The van der Waals surface area contributed by atoms with Gasteiger partial charge in [0.2, 0.25) is 11.8 Å². The van der Waals surface area contributed by atoms with Crippen LogP contribution in [-0.4, -0.2) is 28.0 Å². The molecule has 3 rings (SSSR count). The number of nitrogens with zero attached hydrogens (tertiary/aromatic N) is 2. The minimum Gasteiger partial charge on any atom is -0.494 e. The standard InChI is InChI=1S/C21H22FN3O3S/c1-4-27-18-11-7-16(8-12-18)20-24-25-21(28-20)29-14(3)19(26)23-13(2)15-5-9-17(22)10-6-15/h5-14H,4H2,1-3H3,(H,23,26)/t13-,14+/m1/s1. The van der Waals surface area contributed by atoms with E-state index in [-0.39, 0.29) is 17.8 Å². The molecule has 0 saturated heterocycles. The maximum Gasteiger partial charge on any atom is 0.277 e. The van der Waals surface area contributed by atoms with Gasteiger partial charge in [0.1, 0.15) is 11.6 Å². The Kier molecular flexibility index (Phi) is 6.87. The summed E-state index contributed by atoms with van der Waals surface area (Å²) in [5, 5.41) is 10.8. The van der Waals surface area contributed by atoms with Crippen molar-refractivity contribution < 1.29 is 18.3 Å². The molecule has 152 valence electrons. The molecule has 0 saturated carbocycles. The van der Waals surface area contributed by atoms with Crippen molar-refractivity contribution in [3.05, 3.63) is 59.9 Å². The lowest BCUT2D eigenvalue weighted by Crippen LogP contribution is -2.33. The molecule has 3 aromatic rings. The van der Waals surface area contributed by atoms with E-state index in [1.54, 1.807) is 19.1 Å². The van der Waals surface area contributed by atoms with Crippen molar-refractivity contribution in [2.45, 2.75) is 37.3 Å². The van der Waals surface area contributed by atoms with Crippen LogP contribution < -0.4 is 10.1 Å². The molecule has 0 unspecified atom stereocenters. The first-order valence-corrected chi connectivity index (χ1v) is 10.1. The Morgan fingerprint density at radius 2 is 1.83 bits per heavy atom. The maximum atomic E-state index is 13.0. The molecule has 0 radical (unpaired) electrons. The highest BCUT2D eigenvalue weighted by atomic mass is 32.2. The molecule has 0 aliphatic carbocycles. The lowest BCUT2D eigenvalue weighted by molar-refractivity contribution is -0.120. The predicted molar refractivity (Wildman–Crippen MR) is 109 cm³/mol. The molecule has 2 atom stereocenters. The van der Waals surface area contributed by atoms with Crippen LogP contribution in [0.3, 0.4) is 0 Å². The molecular formula is C21H22FN3O3S. The van der Waals surface area contributed by atoms with E-state index < -0.39 is 5.25 Å². The first-order chi connectivity index (χ1) is 14.0. The molecule has 1 aromatic heterocycles. The van der Waals surface area contributed by atoms with Gasteiger partial charge < -0.3 is 14.5 Å². The summed E-state index contributed by atoms with van der Waals surface area (Å²) in [6.07, 6.45) is 0. The van der Waals surface area contributed by atoms with E-state index in [1.807, 2.05) is 38.1 Å². The molecule has 8 heteroatoms. The summed E-state index contributed by atoms with van der Waals surface area (Å²) >= 11 is 1.18. The summed E-state index contributed by atoms with van der Waals surface area (Å²) in [5.41, 5.74) is 1.60. The van der Waals surface area contributed by atoms with E-state index in [0.29, 0.717) is 17.7 Å². The Bertz CT molecular complexity index is 945. The fraction of sp³-hybridized carbons (Fsp3) is 0.286. The van der Waals surface area contributed by atoms with Crippen LogP contribution in [0.4, 0.5) is 4.39 Å². The number of hydrogen-bond acceptors (Lipinski definition) is 6. The van der Waals surface area contributed by atoms with Crippen molar-refractivity contribution in [3.8, 4) is 17.2 Å². The lowest BCUT2D eigenvalue weighted by Gasteiger charge is -2.16. The molecule has 6 nitrogen and oxygen atoms in total. The van der Waals surface area contributed by atoms with Gasteiger partial charge in [0, 0.05) is 5.56 Å². The number of carbonyl (C=O) groups excluding carboxylic acids is 1. The van der Waals surface area contributed by atoms with Crippen LogP contribution in [0.5, 0.6) is 5.75 Å². The van der Waals surface area contributed by atoms with Gasteiger partial charge in [-0.3, -0.25) is 4.79 Å². The SMILES string of the molecule is CCOc1ccc(-c2nnc(S[C@@H](C)C(=O)N[C@H](C)c3ccc(F)cc3)o2)cc1. The fourth-order valence-corrected chi connectivity index (χ4v) is 3.30. The molecule has 0 aliphatic rings. The third-order valence-electron chi connectivity index (χ3n) is 4.19. The van der Waals surface area contributed by atoms with Gasteiger partial charge in [0.15, 0.2) is 0 Å². The Morgan fingerprint density at radius 3 is 2.48 bits per heavy atom. The van der Waals surface area contributed by atoms with Gasteiger partial charge in [-0.05, 0) is 62.7 Å². The third kappa shape index (κ3) is 5.57. The van der Waals surface area contributed by atoms with Crippen LogP contribution in [0.25, 0.3) is 11.5 Å². The predicted octanol–water partition coefficient (Wildman–Crippen LogP) is 4.63. The summed E-state index contributed by atoms with van der Waals surface area (Å²) in [6, 6.07) is 13.2. The summed E-state index contributed by atoms with van der Waals surface area (Å²) in [7, 11) is 0. The van der Waals surface area contributed by atoms with Crippen molar-refractivity contribution in [2.75, 3.05) is 6.61 Å². The first kappa shape index (κ1) is 20.9. The van der Waals surface area contributed by atoms with Crippen LogP contribution in [0.15, 0.2) is 58.2 Å². The number of benzene rings is 2. The van der Waals surface area contributed by atoms with Gasteiger partial charge in [0.25, 0.3) is 5.22 Å². The highest BCUT2D eigenvalue weighted by Gasteiger charge is 2.20. The van der Waals surface area contributed by atoms with Gasteiger partial charge in [0.05, 0.1) is 17.9 Å². The fourth-order valence-electron chi connectivity index (χ4n) is 2.60. The lowest BCUT2D eigenvalue weighted by atomic mass is 10.1. The van der Waals surface area contributed by atoms with Gasteiger partial charge in [-0.2, -0.15) is 0 Å². The van der Waals surface area contributed by atoms with Crippen molar-refractivity contribution in [2.24, 2.45) is 0 Å². The summed E-state index contributed by atoms with van der Waals surface area (Å²) < 4.78 is 24.1. The van der Waals surface area contributed by atoms with Crippen LogP contribution in [-0.2, 0) is 4.79 Å². The summed E-state index contributed by atoms with van der Waals surface area (Å²) in [6.45, 7) is 6.13. The Labute approximate surface area is 172 Å². The Hall–Kier alpha value is -2.87. The largest absolute Gasteiger partial charge is 0.494 e. The third-order valence-corrected chi connectivity index (χ3v) is 5.13. The molecule has 0 bridgehead atoms. The minimum atomic E-state index is -0.438. The van der Waals surface area contributed by atoms with E-state index in [9.17, 15) is 9.18 Å². The molecular weight excluding hydrogens is 393 g/mol. The highest BCUT2D eigenvalue weighted by Crippen LogP contribution is 2.27. The monoisotopic (exact) mass is 415 g/mol. The van der Waals surface area contributed by atoms with Gasteiger partial charge >= 0.3 is 0 Å². The number of aromatic nitrogens is 2. The van der Waals surface area contributed by atoms with Crippen LogP contribution in [0.1, 0.15) is 32.4 Å². The molecule has 1 heterocycles. The zero-order valence-electron chi connectivity index (χ0n) is 16.4. The van der Waals surface area contributed by atoms with E-state index in [4.69, 9.17) is 9.15 Å². The van der Waals surface area contributed by atoms with E-state index >= 15 is 0 Å². The quantitative estimate of drug-likeness (QED) is 0.541. The second kappa shape index (κ2) is 9.56. The van der Waals surface area contributed by atoms with Gasteiger partial charge in [-0.1, -0.05) is 23.9 Å². The van der Waals surface area contributed by atoms with E-state index in [0.717, 1.165) is 16.9 Å². The molecule has 1 amide bonds. The first-order valence-electron chi connectivity index (χ1n) is 9.25.